The van der Waals surface area contributed by atoms with Crippen LogP contribution in [0.5, 0.6) is 0 Å². The molecular weight excluding hydrogens is 459 g/mol. The molecule has 0 radical (unpaired) electrons. The molecule has 1 atom stereocenters. The second-order valence-electron chi connectivity index (χ2n) is 7.37. The minimum atomic E-state index is -0.0163. The van der Waals surface area contributed by atoms with Gasteiger partial charge in [0.2, 0.25) is 11.8 Å². The van der Waals surface area contributed by atoms with Crippen LogP contribution in [0.4, 0.5) is 0 Å². The summed E-state index contributed by atoms with van der Waals surface area (Å²) >= 11 is 0. The molecule has 27 heavy (non-hydrogen) atoms. The van der Waals surface area contributed by atoms with Crippen molar-refractivity contribution in [2.45, 2.75) is 46.2 Å². The fourth-order valence-corrected chi connectivity index (χ4v) is 2.53. The summed E-state index contributed by atoms with van der Waals surface area (Å²) < 4.78 is 0. The van der Waals surface area contributed by atoms with Crippen LogP contribution in [0.2, 0.25) is 0 Å². The Morgan fingerprint density at radius 3 is 2.15 bits per heavy atom. The third-order valence-corrected chi connectivity index (χ3v) is 4.34. The van der Waals surface area contributed by atoms with E-state index in [1.807, 2.05) is 13.8 Å². The SMILES string of the molecule is CCC(C)NC(=NCC(=O)N(C)C)N1CCN(CC(=O)NC(C)C)CC1.I. The third-order valence-electron chi connectivity index (χ3n) is 4.34. The molecule has 2 N–H and O–H groups in total. The molecule has 1 aliphatic rings. The number of carbonyl (C=O) groups is 2. The number of piperazine rings is 1. The van der Waals surface area contributed by atoms with Gasteiger partial charge >= 0.3 is 0 Å². The summed E-state index contributed by atoms with van der Waals surface area (Å²) in [5.41, 5.74) is 0. The zero-order valence-corrected chi connectivity index (χ0v) is 19.9. The standard InChI is InChI=1S/C18H36N6O2.HI/c1-7-15(4)21-18(19-12-17(26)22(5)6)24-10-8-23(9-11-24)13-16(25)20-14(2)3;/h14-15H,7-13H2,1-6H3,(H,19,21)(H,20,25);1H. The monoisotopic (exact) mass is 496 g/mol. The number of carbonyl (C=O) groups excluding carboxylic acids is 2. The number of rotatable bonds is 7. The lowest BCUT2D eigenvalue weighted by molar-refractivity contribution is -0.127. The van der Waals surface area contributed by atoms with Crippen LogP contribution in [0.15, 0.2) is 4.99 Å². The molecule has 8 nitrogen and oxygen atoms in total. The van der Waals surface area contributed by atoms with E-state index in [1.165, 1.54) is 0 Å². The van der Waals surface area contributed by atoms with Gasteiger partial charge in [-0.1, -0.05) is 6.92 Å². The second kappa shape index (κ2) is 13.1. The van der Waals surface area contributed by atoms with Crippen molar-refractivity contribution in [3.63, 3.8) is 0 Å². The quantitative estimate of drug-likeness (QED) is 0.306. The largest absolute Gasteiger partial charge is 0.354 e. The second-order valence-corrected chi connectivity index (χ2v) is 7.37. The van der Waals surface area contributed by atoms with Gasteiger partial charge in [0.15, 0.2) is 5.96 Å². The van der Waals surface area contributed by atoms with E-state index in [0.29, 0.717) is 6.54 Å². The van der Waals surface area contributed by atoms with E-state index in [4.69, 9.17) is 0 Å². The van der Waals surface area contributed by atoms with Crippen LogP contribution < -0.4 is 10.6 Å². The van der Waals surface area contributed by atoms with E-state index in [1.54, 1.807) is 19.0 Å². The van der Waals surface area contributed by atoms with Crippen LogP contribution in [0.1, 0.15) is 34.1 Å². The van der Waals surface area contributed by atoms with Crippen molar-refractivity contribution in [3.05, 3.63) is 0 Å². The maximum Gasteiger partial charge on any atom is 0.243 e. The zero-order chi connectivity index (χ0) is 19.7. The number of aliphatic imine (C=N–C) groups is 1. The summed E-state index contributed by atoms with van der Waals surface area (Å²) in [4.78, 5) is 34.2. The predicted octanol–water partition coefficient (Wildman–Crippen LogP) is 0.579. The fourth-order valence-electron chi connectivity index (χ4n) is 2.53. The van der Waals surface area contributed by atoms with E-state index in [9.17, 15) is 9.59 Å². The summed E-state index contributed by atoms with van der Waals surface area (Å²) in [6.07, 6.45) is 0.982. The minimum absolute atomic E-state index is 0. The van der Waals surface area contributed by atoms with Gasteiger partial charge in [-0.3, -0.25) is 14.5 Å². The number of amides is 2. The number of halogens is 1. The van der Waals surface area contributed by atoms with E-state index in [-0.39, 0.29) is 54.4 Å². The third kappa shape index (κ3) is 10.1. The Labute approximate surface area is 181 Å². The molecule has 1 unspecified atom stereocenters. The lowest BCUT2D eigenvalue weighted by Gasteiger charge is -2.37. The fraction of sp³-hybridized carbons (Fsp3) is 0.833. The van der Waals surface area contributed by atoms with Gasteiger partial charge in [0.1, 0.15) is 6.54 Å². The van der Waals surface area contributed by atoms with Gasteiger partial charge in [0, 0.05) is 52.4 Å². The first-order chi connectivity index (χ1) is 12.2. The number of guanidine groups is 1. The highest BCUT2D eigenvalue weighted by Crippen LogP contribution is 2.04. The van der Waals surface area contributed by atoms with Crippen LogP contribution in [0, 0.1) is 0 Å². The first kappa shape index (κ1) is 25.9. The van der Waals surface area contributed by atoms with Crippen molar-refractivity contribution < 1.29 is 9.59 Å². The highest BCUT2D eigenvalue weighted by molar-refractivity contribution is 14.0. The van der Waals surface area contributed by atoms with Crippen LogP contribution in [0.25, 0.3) is 0 Å². The van der Waals surface area contributed by atoms with E-state index >= 15 is 0 Å². The molecule has 0 spiro atoms. The molecule has 1 rings (SSSR count). The normalized spacial score (nSPS) is 16.6. The summed E-state index contributed by atoms with van der Waals surface area (Å²) in [6.45, 7) is 11.9. The minimum Gasteiger partial charge on any atom is -0.354 e. The average molecular weight is 496 g/mol. The number of likely N-dealkylation sites (N-methyl/N-ethyl adjacent to an activating group) is 1. The molecule has 1 heterocycles. The molecule has 9 heteroatoms. The van der Waals surface area contributed by atoms with Gasteiger partial charge in [-0.25, -0.2) is 4.99 Å². The first-order valence-corrected chi connectivity index (χ1v) is 9.50. The highest BCUT2D eigenvalue weighted by Gasteiger charge is 2.22. The van der Waals surface area contributed by atoms with Crippen molar-refractivity contribution in [1.82, 2.24) is 25.3 Å². The average Bonchev–Trinajstić information content (AvgIpc) is 2.57. The van der Waals surface area contributed by atoms with Gasteiger partial charge in [-0.15, -0.1) is 24.0 Å². The van der Waals surface area contributed by atoms with Gasteiger partial charge in [0.25, 0.3) is 0 Å². The van der Waals surface area contributed by atoms with Gasteiger partial charge < -0.3 is 20.4 Å². The predicted molar refractivity (Wildman–Crippen MR) is 121 cm³/mol. The number of nitrogens with zero attached hydrogens (tertiary/aromatic N) is 4. The summed E-state index contributed by atoms with van der Waals surface area (Å²) in [5.74, 6) is 0.829. The maximum absolute atomic E-state index is 11.9. The highest BCUT2D eigenvalue weighted by atomic mass is 127. The number of hydrogen-bond donors (Lipinski definition) is 2. The van der Waals surface area contributed by atoms with Gasteiger partial charge in [0.05, 0.1) is 6.54 Å². The zero-order valence-electron chi connectivity index (χ0n) is 17.6. The Bertz CT molecular complexity index is 490. The lowest BCUT2D eigenvalue weighted by atomic mass is 10.2. The smallest absolute Gasteiger partial charge is 0.243 e. The Morgan fingerprint density at radius 2 is 1.67 bits per heavy atom. The molecule has 0 aromatic carbocycles. The maximum atomic E-state index is 11.9. The van der Waals surface area contributed by atoms with Crippen molar-refractivity contribution >= 4 is 41.8 Å². The molecule has 1 saturated heterocycles. The van der Waals surface area contributed by atoms with Crippen LogP contribution in [-0.2, 0) is 9.59 Å². The Balaban J connectivity index is 0.00000676. The van der Waals surface area contributed by atoms with E-state index in [2.05, 4.69) is 39.3 Å². The van der Waals surface area contributed by atoms with Crippen molar-refractivity contribution in [2.75, 3.05) is 53.4 Å². The summed E-state index contributed by atoms with van der Waals surface area (Å²) in [5, 5.41) is 6.35. The number of nitrogens with one attached hydrogen (secondary N) is 2. The van der Waals surface area contributed by atoms with E-state index < -0.39 is 0 Å². The Kier molecular flexibility index (Phi) is 12.6. The molecule has 2 amide bonds. The van der Waals surface area contributed by atoms with Crippen LogP contribution in [-0.4, -0.2) is 97.9 Å². The molecule has 1 aliphatic heterocycles. The summed E-state index contributed by atoms with van der Waals surface area (Å²) in [7, 11) is 3.47. The number of hydrogen-bond acceptors (Lipinski definition) is 4. The van der Waals surface area contributed by atoms with Crippen LogP contribution >= 0.6 is 24.0 Å². The van der Waals surface area contributed by atoms with E-state index in [0.717, 1.165) is 38.6 Å². The Hall–Kier alpha value is -1.10. The van der Waals surface area contributed by atoms with Crippen molar-refractivity contribution in [1.29, 1.82) is 0 Å². The summed E-state index contributed by atoms with van der Waals surface area (Å²) in [6, 6.07) is 0.453. The molecule has 1 fully saturated rings. The molecule has 0 saturated carbocycles. The van der Waals surface area contributed by atoms with Gasteiger partial charge in [-0.05, 0) is 27.2 Å². The molecule has 158 valence electrons. The van der Waals surface area contributed by atoms with Crippen LogP contribution in [0.3, 0.4) is 0 Å². The lowest BCUT2D eigenvalue weighted by Crippen LogP contribution is -2.55. The molecule has 0 aromatic heterocycles. The van der Waals surface area contributed by atoms with Crippen molar-refractivity contribution in [3.8, 4) is 0 Å². The molecule has 0 aromatic rings. The van der Waals surface area contributed by atoms with Gasteiger partial charge in [-0.2, -0.15) is 0 Å². The Morgan fingerprint density at radius 1 is 1.07 bits per heavy atom. The molecular formula is C18H37IN6O2. The molecule has 0 aliphatic carbocycles. The topological polar surface area (TPSA) is 80.3 Å². The first-order valence-electron chi connectivity index (χ1n) is 9.50. The molecule has 0 bridgehead atoms. The van der Waals surface area contributed by atoms with Crippen molar-refractivity contribution in [2.24, 2.45) is 4.99 Å².